The third-order valence-electron chi connectivity index (χ3n) is 3.90. The molecule has 1 N–H and O–H groups in total. The van der Waals surface area contributed by atoms with Crippen LogP contribution >= 0.6 is 0 Å². The topological polar surface area (TPSA) is 38.1 Å². The van der Waals surface area contributed by atoms with Gasteiger partial charge in [0.1, 0.15) is 5.76 Å². The third-order valence-corrected chi connectivity index (χ3v) is 3.90. The normalized spacial score (nSPS) is 18.5. The van der Waals surface area contributed by atoms with Gasteiger partial charge in [-0.25, -0.2) is 4.98 Å². The maximum absolute atomic E-state index is 5.93. The van der Waals surface area contributed by atoms with Gasteiger partial charge in [0.05, 0.1) is 6.20 Å². The van der Waals surface area contributed by atoms with Crippen LogP contribution in [0.4, 0.5) is 0 Å². The van der Waals surface area contributed by atoms with Gasteiger partial charge in [-0.1, -0.05) is 32.1 Å². The van der Waals surface area contributed by atoms with Gasteiger partial charge >= 0.3 is 0 Å². The first-order valence-electron chi connectivity index (χ1n) is 7.49. The van der Waals surface area contributed by atoms with E-state index in [4.69, 9.17) is 4.42 Å². The number of hydrogen-bond donors (Lipinski definition) is 1. The van der Waals surface area contributed by atoms with Gasteiger partial charge in [-0.3, -0.25) is 0 Å². The van der Waals surface area contributed by atoms with Crippen molar-refractivity contribution in [3.8, 4) is 0 Å². The van der Waals surface area contributed by atoms with E-state index in [0.29, 0.717) is 5.92 Å². The van der Waals surface area contributed by atoms with Gasteiger partial charge in [-0.15, -0.1) is 0 Å². The highest BCUT2D eigenvalue weighted by molar-refractivity contribution is 5.02. The molecule has 0 aliphatic heterocycles. The van der Waals surface area contributed by atoms with Crippen molar-refractivity contribution in [2.24, 2.45) is 0 Å². The first kappa shape index (κ1) is 13.6. The number of nitrogens with one attached hydrogen (secondary N) is 1. The average molecular weight is 250 g/mol. The molecule has 3 nitrogen and oxygen atoms in total. The molecule has 1 aromatic rings. The number of rotatable bonds is 5. The Morgan fingerprint density at radius 3 is 2.67 bits per heavy atom. The number of hydrogen-bond acceptors (Lipinski definition) is 3. The molecule has 0 radical (unpaired) electrons. The minimum atomic E-state index is 0.621. The number of oxazole rings is 1. The molecule has 1 fully saturated rings. The van der Waals surface area contributed by atoms with Crippen molar-refractivity contribution < 1.29 is 4.42 Å². The summed E-state index contributed by atoms with van der Waals surface area (Å²) in [7, 11) is 1.98. The van der Waals surface area contributed by atoms with E-state index in [9.17, 15) is 0 Å². The van der Waals surface area contributed by atoms with Gasteiger partial charge < -0.3 is 9.73 Å². The fourth-order valence-corrected chi connectivity index (χ4v) is 2.79. The summed E-state index contributed by atoms with van der Waals surface area (Å²) in [6.07, 6.45) is 13.5. The molecule has 2 rings (SSSR count). The van der Waals surface area contributed by atoms with Gasteiger partial charge in [0.2, 0.25) is 0 Å². The maximum Gasteiger partial charge on any atom is 0.194 e. The van der Waals surface area contributed by atoms with E-state index in [1.165, 1.54) is 44.9 Å². The Morgan fingerprint density at radius 2 is 1.94 bits per heavy atom. The van der Waals surface area contributed by atoms with Crippen LogP contribution in [0, 0.1) is 0 Å². The van der Waals surface area contributed by atoms with Crippen LogP contribution in [-0.4, -0.2) is 18.6 Å². The average Bonchev–Trinajstić information content (AvgIpc) is 2.78. The highest BCUT2D eigenvalue weighted by Crippen LogP contribution is 2.31. The molecule has 1 heterocycles. The Bertz CT molecular complexity index is 327. The van der Waals surface area contributed by atoms with Gasteiger partial charge in [-0.2, -0.15) is 0 Å². The van der Waals surface area contributed by atoms with Gasteiger partial charge in [0.25, 0.3) is 0 Å². The Morgan fingerprint density at radius 1 is 1.22 bits per heavy atom. The molecule has 3 heteroatoms. The van der Waals surface area contributed by atoms with Crippen LogP contribution in [0.15, 0.2) is 10.6 Å². The van der Waals surface area contributed by atoms with E-state index >= 15 is 0 Å². The van der Waals surface area contributed by atoms with Crippen molar-refractivity contribution in [3.63, 3.8) is 0 Å². The molecule has 0 saturated heterocycles. The summed E-state index contributed by atoms with van der Waals surface area (Å²) in [5, 5.41) is 3.15. The first-order valence-corrected chi connectivity index (χ1v) is 7.49. The summed E-state index contributed by atoms with van der Waals surface area (Å²) in [6, 6.07) is 0. The molecule has 0 bridgehead atoms. The van der Waals surface area contributed by atoms with Crippen LogP contribution in [0.2, 0.25) is 0 Å². The summed E-state index contributed by atoms with van der Waals surface area (Å²) in [5.41, 5.74) is 0. The van der Waals surface area contributed by atoms with Crippen LogP contribution in [0.25, 0.3) is 0 Å². The lowest BCUT2D eigenvalue weighted by Crippen LogP contribution is -2.08. The second-order valence-corrected chi connectivity index (χ2v) is 5.41. The SMILES string of the molecule is CNCCCc1ncc(C2CCCCCCC2)o1. The largest absolute Gasteiger partial charge is 0.445 e. The van der Waals surface area contributed by atoms with Crippen molar-refractivity contribution in [1.82, 2.24) is 10.3 Å². The zero-order valence-corrected chi connectivity index (χ0v) is 11.6. The zero-order chi connectivity index (χ0) is 12.6. The molecular formula is C15H26N2O. The minimum Gasteiger partial charge on any atom is -0.445 e. The highest BCUT2D eigenvalue weighted by atomic mass is 16.4. The summed E-state index contributed by atoms with van der Waals surface area (Å²) in [6.45, 7) is 1.03. The van der Waals surface area contributed by atoms with Crippen LogP contribution in [-0.2, 0) is 6.42 Å². The summed E-state index contributed by atoms with van der Waals surface area (Å²) in [5.74, 6) is 2.68. The van der Waals surface area contributed by atoms with E-state index in [2.05, 4.69) is 10.3 Å². The second kappa shape index (κ2) is 7.57. The van der Waals surface area contributed by atoms with Crippen molar-refractivity contribution in [2.75, 3.05) is 13.6 Å². The number of aryl methyl sites for hydroxylation is 1. The fraction of sp³-hybridized carbons (Fsp3) is 0.800. The second-order valence-electron chi connectivity index (χ2n) is 5.41. The van der Waals surface area contributed by atoms with Crippen LogP contribution in [0.3, 0.4) is 0 Å². The van der Waals surface area contributed by atoms with Gasteiger partial charge in [0, 0.05) is 12.3 Å². The molecule has 0 spiro atoms. The third kappa shape index (κ3) is 4.13. The highest BCUT2D eigenvalue weighted by Gasteiger charge is 2.17. The van der Waals surface area contributed by atoms with Crippen molar-refractivity contribution in [2.45, 2.75) is 63.7 Å². The van der Waals surface area contributed by atoms with Crippen molar-refractivity contribution in [1.29, 1.82) is 0 Å². The van der Waals surface area contributed by atoms with Crippen LogP contribution in [0.5, 0.6) is 0 Å². The van der Waals surface area contributed by atoms with E-state index in [1.54, 1.807) is 0 Å². The molecule has 0 amide bonds. The van der Waals surface area contributed by atoms with Gasteiger partial charge in [-0.05, 0) is 32.9 Å². The van der Waals surface area contributed by atoms with E-state index < -0.39 is 0 Å². The zero-order valence-electron chi connectivity index (χ0n) is 11.6. The molecule has 18 heavy (non-hydrogen) atoms. The molecular weight excluding hydrogens is 224 g/mol. The minimum absolute atomic E-state index is 0.621. The molecule has 0 aromatic carbocycles. The molecule has 1 aromatic heterocycles. The predicted molar refractivity (Wildman–Crippen MR) is 73.8 cm³/mol. The lowest BCUT2D eigenvalue weighted by Gasteiger charge is -2.16. The quantitative estimate of drug-likeness (QED) is 0.811. The van der Waals surface area contributed by atoms with Crippen molar-refractivity contribution in [3.05, 3.63) is 17.8 Å². The number of aromatic nitrogens is 1. The Labute approximate surface area is 110 Å². The van der Waals surface area contributed by atoms with E-state index in [0.717, 1.165) is 31.0 Å². The first-order chi connectivity index (χ1) is 8.90. The summed E-state index contributed by atoms with van der Waals surface area (Å²) >= 11 is 0. The standard InChI is InChI=1S/C15H26N2O/c1-16-11-7-10-15-17-12-14(18-15)13-8-5-3-2-4-6-9-13/h12-13,16H,2-11H2,1H3. The Hall–Kier alpha value is -0.830. The lowest BCUT2D eigenvalue weighted by atomic mass is 9.90. The fourth-order valence-electron chi connectivity index (χ4n) is 2.79. The summed E-state index contributed by atoms with van der Waals surface area (Å²) < 4.78 is 5.93. The molecule has 1 aliphatic rings. The maximum atomic E-state index is 5.93. The van der Waals surface area contributed by atoms with Crippen LogP contribution < -0.4 is 5.32 Å². The molecule has 1 aliphatic carbocycles. The Kier molecular flexibility index (Phi) is 5.72. The molecule has 0 atom stereocenters. The number of nitrogens with zero attached hydrogens (tertiary/aromatic N) is 1. The van der Waals surface area contributed by atoms with Crippen molar-refractivity contribution >= 4 is 0 Å². The van der Waals surface area contributed by atoms with E-state index in [1.807, 2.05) is 13.2 Å². The monoisotopic (exact) mass is 250 g/mol. The summed E-state index contributed by atoms with van der Waals surface area (Å²) in [4.78, 5) is 4.42. The molecule has 102 valence electrons. The van der Waals surface area contributed by atoms with Crippen LogP contribution in [0.1, 0.15) is 68.9 Å². The van der Waals surface area contributed by atoms with Gasteiger partial charge in [0.15, 0.2) is 5.89 Å². The lowest BCUT2D eigenvalue weighted by molar-refractivity contribution is 0.370. The Balaban J connectivity index is 1.86. The predicted octanol–water partition coefficient (Wildman–Crippen LogP) is 3.65. The smallest absolute Gasteiger partial charge is 0.194 e. The van der Waals surface area contributed by atoms with E-state index in [-0.39, 0.29) is 0 Å². The molecule has 1 saturated carbocycles. The molecule has 0 unspecified atom stereocenters.